The van der Waals surface area contributed by atoms with Crippen LogP contribution in [-0.4, -0.2) is 22.8 Å². The zero-order valence-electron chi connectivity index (χ0n) is 18.1. The summed E-state index contributed by atoms with van der Waals surface area (Å²) in [4.78, 5) is 22.3. The average molecular weight is 424 g/mol. The van der Waals surface area contributed by atoms with E-state index in [0.29, 0.717) is 11.5 Å². The summed E-state index contributed by atoms with van der Waals surface area (Å²) in [5.41, 5.74) is 4.28. The number of aliphatic imine (C=N–C) groups is 1. The predicted molar refractivity (Wildman–Crippen MR) is 125 cm³/mol. The Labute approximate surface area is 180 Å². The summed E-state index contributed by atoms with van der Waals surface area (Å²) < 4.78 is 0. The molecule has 0 radical (unpaired) electrons. The first-order valence-corrected chi connectivity index (χ1v) is 11.1. The summed E-state index contributed by atoms with van der Waals surface area (Å²) in [6, 6.07) is 1.97. The van der Waals surface area contributed by atoms with Gasteiger partial charge >= 0.3 is 0 Å². The minimum Gasteiger partial charge on any atom is -0.343 e. The highest BCUT2D eigenvalue weighted by atomic mass is 31.0. The molecular weight excluding hydrogens is 393 g/mol. The van der Waals surface area contributed by atoms with Crippen LogP contribution in [0.3, 0.4) is 0 Å². The van der Waals surface area contributed by atoms with Crippen LogP contribution in [0.4, 0.5) is 5.69 Å². The first kappa shape index (κ1) is 20.9. The Bertz CT molecular complexity index is 1010. The maximum atomic E-state index is 13.2. The minimum absolute atomic E-state index is 0.00935. The number of aromatic nitrogens is 1. The third-order valence-electron chi connectivity index (χ3n) is 6.26. The van der Waals surface area contributed by atoms with Gasteiger partial charge in [-0.3, -0.25) is 9.78 Å². The van der Waals surface area contributed by atoms with Crippen molar-refractivity contribution in [1.82, 2.24) is 10.3 Å². The number of hydrogen-bond donors (Lipinski definition) is 3. The second-order valence-corrected chi connectivity index (χ2v) is 10.3. The number of amides is 1. The predicted octanol–water partition coefficient (Wildman–Crippen LogP) is 3.82. The van der Waals surface area contributed by atoms with Gasteiger partial charge < -0.3 is 16.0 Å². The topological polar surface area (TPSA) is 90.2 Å². The maximum Gasteiger partial charge on any atom is 0.232 e. The molecule has 1 fully saturated rings. The van der Waals surface area contributed by atoms with E-state index < -0.39 is 0 Å². The fourth-order valence-corrected chi connectivity index (χ4v) is 5.41. The Morgan fingerprint density at radius 2 is 2.13 bits per heavy atom. The van der Waals surface area contributed by atoms with Crippen molar-refractivity contribution in [3.63, 3.8) is 0 Å². The van der Waals surface area contributed by atoms with Crippen molar-refractivity contribution in [3.05, 3.63) is 41.1 Å². The van der Waals surface area contributed by atoms with Gasteiger partial charge in [0.2, 0.25) is 5.91 Å². The van der Waals surface area contributed by atoms with E-state index in [-0.39, 0.29) is 22.7 Å². The van der Waals surface area contributed by atoms with Crippen molar-refractivity contribution in [2.45, 2.75) is 58.8 Å². The Kier molecular flexibility index (Phi) is 5.17. The number of carbonyl (C=O) groups is 1. The van der Waals surface area contributed by atoms with E-state index in [4.69, 9.17) is 5.41 Å². The fraction of sp³-hybridized carbons (Fsp3) is 0.478. The standard InChI is InChI=1S/C23H30N5OP/c1-13(24)8-18-25-12-16-15(10-23(6-5-7-23)19(16)28-18)21(29)27-14-9-17(30)20(26-11-14)22(2,3)4/h8-9,11-12,15,24,28H,5-7,10,30H2,1-4H3,(H,27,29)/b18-8-,24-13?. The number of nitrogens with zero attached hydrogens (tertiary/aromatic N) is 2. The first-order chi connectivity index (χ1) is 14.1. The summed E-state index contributed by atoms with van der Waals surface area (Å²) in [6.07, 6.45) is 9.46. The van der Waals surface area contributed by atoms with E-state index in [1.165, 1.54) is 6.42 Å². The molecule has 4 rings (SSSR count). The third-order valence-corrected chi connectivity index (χ3v) is 6.70. The third kappa shape index (κ3) is 3.74. The first-order valence-electron chi connectivity index (χ1n) is 10.5. The molecule has 1 aromatic heterocycles. The van der Waals surface area contributed by atoms with Gasteiger partial charge in [-0.2, -0.15) is 0 Å². The molecule has 1 aromatic rings. The highest BCUT2D eigenvalue weighted by Crippen LogP contribution is 2.57. The van der Waals surface area contributed by atoms with Gasteiger partial charge in [-0.1, -0.05) is 27.2 Å². The Morgan fingerprint density at radius 3 is 2.70 bits per heavy atom. The lowest BCUT2D eigenvalue weighted by Crippen LogP contribution is -2.36. The molecule has 0 bridgehead atoms. The number of carbonyl (C=O) groups excluding carboxylic acids is 1. The van der Waals surface area contributed by atoms with Crippen LogP contribution >= 0.6 is 9.24 Å². The molecule has 0 saturated heterocycles. The van der Waals surface area contributed by atoms with Crippen LogP contribution in [0.2, 0.25) is 0 Å². The van der Waals surface area contributed by atoms with E-state index in [2.05, 4.69) is 50.6 Å². The average Bonchev–Trinajstić information content (AvgIpc) is 2.95. The van der Waals surface area contributed by atoms with Gasteiger partial charge in [0.1, 0.15) is 5.82 Å². The monoisotopic (exact) mass is 423 g/mol. The smallest absolute Gasteiger partial charge is 0.232 e. The molecule has 6 nitrogen and oxygen atoms in total. The zero-order chi connectivity index (χ0) is 21.7. The number of fused-ring (bicyclic) bond motifs is 1. The van der Waals surface area contributed by atoms with Crippen molar-refractivity contribution in [1.29, 1.82) is 5.41 Å². The van der Waals surface area contributed by atoms with Gasteiger partial charge in [-0.25, -0.2) is 4.99 Å². The molecular formula is C23H30N5OP. The van der Waals surface area contributed by atoms with Gasteiger partial charge in [0.15, 0.2) is 0 Å². The van der Waals surface area contributed by atoms with Crippen LogP contribution in [0.25, 0.3) is 0 Å². The fourth-order valence-electron chi connectivity index (χ4n) is 4.72. The van der Waals surface area contributed by atoms with E-state index in [1.54, 1.807) is 19.2 Å². The molecule has 158 valence electrons. The lowest BCUT2D eigenvalue weighted by atomic mass is 9.66. The minimum atomic E-state index is -0.227. The molecule has 2 atom stereocenters. The SMILES string of the molecule is CC(=N)/C=C1/N=CC2=C(N1)C1(CCC1)CC2C(=O)Nc1cnc(C(C)(C)C)c(P)c1. The van der Waals surface area contributed by atoms with Gasteiger partial charge in [-0.15, -0.1) is 9.24 Å². The molecule has 2 aliphatic carbocycles. The van der Waals surface area contributed by atoms with E-state index in [9.17, 15) is 4.79 Å². The second-order valence-electron chi connectivity index (χ2n) is 9.72. The van der Waals surface area contributed by atoms with Gasteiger partial charge in [-0.05, 0) is 37.6 Å². The van der Waals surface area contributed by atoms with Crippen molar-refractivity contribution in [3.8, 4) is 0 Å². The number of allylic oxidation sites excluding steroid dienone is 2. The number of nitrogens with one attached hydrogen (secondary N) is 3. The summed E-state index contributed by atoms with van der Waals surface area (Å²) in [7, 11) is 2.73. The van der Waals surface area contributed by atoms with E-state index in [0.717, 1.165) is 47.2 Å². The van der Waals surface area contributed by atoms with Crippen molar-refractivity contribution in [2.24, 2.45) is 16.3 Å². The molecule has 0 aromatic carbocycles. The molecule has 2 unspecified atom stereocenters. The van der Waals surface area contributed by atoms with Gasteiger partial charge in [0, 0.05) is 40.1 Å². The molecule has 1 spiro atoms. The maximum absolute atomic E-state index is 13.2. The molecule has 30 heavy (non-hydrogen) atoms. The molecule has 3 N–H and O–H groups in total. The van der Waals surface area contributed by atoms with Crippen molar-refractivity contribution in [2.75, 3.05) is 5.32 Å². The van der Waals surface area contributed by atoms with Crippen LogP contribution in [0.5, 0.6) is 0 Å². The van der Waals surface area contributed by atoms with Crippen molar-refractivity contribution < 1.29 is 4.79 Å². The van der Waals surface area contributed by atoms with Gasteiger partial charge in [0.25, 0.3) is 0 Å². The summed E-state index contributed by atoms with van der Waals surface area (Å²) >= 11 is 0. The molecule has 1 saturated carbocycles. The highest BCUT2D eigenvalue weighted by molar-refractivity contribution is 7.27. The second kappa shape index (κ2) is 7.42. The summed E-state index contributed by atoms with van der Waals surface area (Å²) in [5.74, 6) is 0.447. The van der Waals surface area contributed by atoms with Crippen LogP contribution in [0.15, 0.2) is 40.4 Å². The molecule has 7 heteroatoms. The quantitative estimate of drug-likeness (QED) is 0.510. The molecule has 1 amide bonds. The Balaban J connectivity index is 1.57. The normalized spacial score (nSPS) is 23.2. The summed E-state index contributed by atoms with van der Waals surface area (Å²) in [5, 5.41) is 15.2. The number of rotatable bonds is 3. The van der Waals surface area contributed by atoms with Gasteiger partial charge in [0.05, 0.1) is 23.5 Å². The number of anilines is 1. The van der Waals surface area contributed by atoms with E-state index in [1.807, 2.05) is 12.3 Å². The number of hydrogen-bond acceptors (Lipinski definition) is 5. The van der Waals surface area contributed by atoms with Crippen LogP contribution in [-0.2, 0) is 10.2 Å². The highest BCUT2D eigenvalue weighted by Gasteiger charge is 2.52. The Morgan fingerprint density at radius 1 is 1.40 bits per heavy atom. The van der Waals surface area contributed by atoms with Crippen LogP contribution < -0.4 is 15.9 Å². The lowest BCUT2D eigenvalue weighted by Gasteiger charge is -2.41. The molecule has 2 heterocycles. The Hall–Kier alpha value is -2.33. The van der Waals surface area contributed by atoms with Crippen LogP contribution in [0.1, 0.15) is 59.1 Å². The van der Waals surface area contributed by atoms with E-state index >= 15 is 0 Å². The molecule has 3 aliphatic rings. The van der Waals surface area contributed by atoms with Crippen molar-refractivity contribution >= 4 is 38.1 Å². The lowest BCUT2D eigenvalue weighted by molar-refractivity contribution is -0.119. The molecule has 1 aliphatic heterocycles. The zero-order valence-corrected chi connectivity index (χ0v) is 19.2. The summed E-state index contributed by atoms with van der Waals surface area (Å²) in [6.45, 7) is 8.12. The van der Waals surface area contributed by atoms with Crippen LogP contribution in [0, 0.1) is 16.7 Å². The number of pyridine rings is 1. The largest absolute Gasteiger partial charge is 0.343 e.